The molecule has 1 N–H and O–H groups in total. The fourth-order valence-corrected chi connectivity index (χ4v) is 1.10. The van der Waals surface area contributed by atoms with Crippen molar-refractivity contribution in [2.24, 2.45) is 0 Å². The minimum atomic E-state index is 0.145. The van der Waals surface area contributed by atoms with Gasteiger partial charge in [-0.15, -0.1) is 11.6 Å². The zero-order chi connectivity index (χ0) is 9.68. The molecular weight excluding hydrogens is 188 g/mol. The van der Waals surface area contributed by atoms with Gasteiger partial charge in [0.15, 0.2) is 11.5 Å². The monoisotopic (exact) mass is 198 g/mol. The number of phenols is 1. The molecule has 2 nitrogen and oxygen atoms in total. The Bertz CT molecular complexity index is 308. The van der Waals surface area contributed by atoms with Gasteiger partial charge in [0.25, 0.3) is 0 Å². The van der Waals surface area contributed by atoms with E-state index in [0.29, 0.717) is 17.2 Å². The van der Waals surface area contributed by atoms with Crippen LogP contribution >= 0.6 is 11.6 Å². The number of hydrogen-bond acceptors (Lipinski definition) is 2. The SMILES string of the molecule is COc1cccc(C=CCCl)c1O. The third-order valence-corrected chi connectivity index (χ3v) is 1.81. The molecule has 70 valence electrons. The topological polar surface area (TPSA) is 29.5 Å². The highest BCUT2D eigenvalue weighted by molar-refractivity contribution is 6.19. The fourth-order valence-electron chi connectivity index (χ4n) is 1.01. The van der Waals surface area contributed by atoms with Crippen LogP contribution in [-0.4, -0.2) is 18.1 Å². The first-order valence-corrected chi connectivity index (χ1v) is 4.41. The molecule has 3 heteroatoms. The Hall–Kier alpha value is -1.15. The van der Waals surface area contributed by atoms with Gasteiger partial charge in [0, 0.05) is 11.4 Å². The van der Waals surface area contributed by atoms with Crippen LogP contribution in [0.2, 0.25) is 0 Å². The van der Waals surface area contributed by atoms with Gasteiger partial charge in [0.05, 0.1) is 7.11 Å². The number of benzene rings is 1. The minimum Gasteiger partial charge on any atom is -0.504 e. The van der Waals surface area contributed by atoms with E-state index < -0.39 is 0 Å². The molecule has 1 aromatic rings. The molecule has 0 atom stereocenters. The van der Waals surface area contributed by atoms with Crippen molar-refractivity contribution < 1.29 is 9.84 Å². The molecule has 0 aliphatic heterocycles. The lowest BCUT2D eigenvalue weighted by atomic mass is 10.2. The molecule has 0 saturated carbocycles. The van der Waals surface area contributed by atoms with Crippen molar-refractivity contribution in [2.45, 2.75) is 0 Å². The van der Waals surface area contributed by atoms with Crippen LogP contribution < -0.4 is 4.74 Å². The summed E-state index contributed by atoms with van der Waals surface area (Å²) < 4.78 is 4.95. The maximum Gasteiger partial charge on any atom is 0.165 e. The smallest absolute Gasteiger partial charge is 0.165 e. The van der Waals surface area contributed by atoms with E-state index in [0.717, 1.165) is 0 Å². The third kappa shape index (κ3) is 2.39. The number of phenolic OH excluding ortho intramolecular Hbond substituents is 1. The number of aromatic hydroxyl groups is 1. The number of hydrogen-bond donors (Lipinski definition) is 1. The first-order chi connectivity index (χ1) is 6.29. The van der Waals surface area contributed by atoms with Gasteiger partial charge in [-0.05, 0) is 6.07 Å². The summed E-state index contributed by atoms with van der Waals surface area (Å²) in [7, 11) is 1.52. The second-order valence-corrected chi connectivity index (χ2v) is 2.76. The van der Waals surface area contributed by atoms with Crippen LogP contribution in [0.1, 0.15) is 5.56 Å². The number of para-hydroxylation sites is 1. The van der Waals surface area contributed by atoms with Crippen LogP contribution in [0, 0.1) is 0 Å². The summed E-state index contributed by atoms with van der Waals surface area (Å²) in [5, 5.41) is 9.60. The molecule has 0 aromatic heterocycles. The van der Waals surface area contributed by atoms with Crippen molar-refractivity contribution in [3.63, 3.8) is 0 Å². The molecule has 0 radical (unpaired) electrons. The largest absolute Gasteiger partial charge is 0.504 e. The molecule has 0 unspecified atom stereocenters. The minimum absolute atomic E-state index is 0.145. The number of alkyl halides is 1. The van der Waals surface area contributed by atoms with Crippen LogP contribution in [0.25, 0.3) is 6.08 Å². The van der Waals surface area contributed by atoms with Gasteiger partial charge in [0.1, 0.15) is 0 Å². The summed E-state index contributed by atoms with van der Waals surface area (Å²) in [6.45, 7) is 0. The predicted octanol–water partition coefficient (Wildman–Crippen LogP) is 2.65. The van der Waals surface area contributed by atoms with Crippen molar-refractivity contribution in [3.8, 4) is 11.5 Å². The number of halogens is 1. The molecule has 1 rings (SSSR count). The van der Waals surface area contributed by atoms with Gasteiger partial charge in [-0.3, -0.25) is 0 Å². The molecule has 0 aliphatic rings. The molecule has 1 aromatic carbocycles. The Balaban J connectivity index is 3.01. The lowest BCUT2D eigenvalue weighted by molar-refractivity contribution is 0.373. The van der Waals surface area contributed by atoms with Crippen molar-refractivity contribution in [1.29, 1.82) is 0 Å². The summed E-state index contributed by atoms with van der Waals surface area (Å²) in [6.07, 6.45) is 3.51. The summed E-state index contributed by atoms with van der Waals surface area (Å²) in [6, 6.07) is 5.31. The first-order valence-electron chi connectivity index (χ1n) is 3.88. The zero-order valence-electron chi connectivity index (χ0n) is 7.33. The summed E-state index contributed by atoms with van der Waals surface area (Å²) in [4.78, 5) is 0. The molecule has 0 fully saturated rings. The number of methoxy groups -OCH3 is 1. The average Bonchev–Trinajstić information content (AvgIpc) is 2.16. The van der Waals surface area contributed by atoms with E-state index >= 15 is 0 Å². The molecule has 0 saturated heterocycles. The average molecular weight is 199 g/mol. The maximum atomic E-state index is 9.60. The van der Waals surface area contributed by atoms with Gasteiger partial charge in [-0.25, -0.2) is 0 Å². The van der Waals surface area contributed by atoms with Gasteiger partial charge >= 0.3 is 0 Å². The van der Waals surface area contributed by atoms with Crippen LogP contribution in [0.5, 0.6) is 11.5 Å². The van der Waals surface area contributed by atoms with Crippen molar-refractivity contribution >= 4 is 17.7 Å². The lowest BCUT2D eigenvalue weighted by Crippen LogP contribution is -1.84. The molecule has 0 amide bonds. The Morgan fingerprint density at radius 1 is 1.54 bits per heavy atom. The van der Waals surface area contributed by atoms with E-state index in [4.69, 9.17) is 16.3 Å². The number of allylic oxidation sites excluding steroid dienone is 1. The summed E-state index contributed by atoms with van der Waals surface area (Å²) >= 11 is 5.48. The van der Waals surface area contributed by atoms with Crippen molar-refractivity contribution in [3.05, 3.63) is 29.8 Å². The normalized spacial score (nSPS) is 10.6. The highest BCUT2D eigenvalue weighted by Gasteiger charge is 2.03. The highest BCUT2D eigenvalue weighted by atomic mass is 35.5. The van der Waals surface area contributed by atoms with E-state index in [9.17, 15) is 5.11 Å². The fraction of sp³-hybridized carbons (Fsp3) is 0.200. The van der Waals surface area contributed by atoms with Crippen molar-refractivity contribution in [2.75, 3.05) is 13.0 Å². The van der Waals surface area contributed by atoms with Crippen molar-refractivity contribution in [1.82, 2.24) is 0 Å². The molecular formula is C10H11ClO2. The van der Waals surface area contributed by atoms with Crippen LogP contribution in [-0.2, 0) is 0 Å². The van der Waals surface area contributed by atoms with E-state index in [1.165, 1.54) is 7.11 Å². The lowest BCUT2D eigenvalue weighted by Gasteiger charge is -2.04. The maximum absolute atomic E-state index is 9.60. The van der Waals surface area contributed by atoms with Crippen LogP contribution in [0.3, 0.4) is 0 Å². The summed E-state index contributed by atoms with van der Waals surface area (Å²) in [5.74, 6) is 1.04. The van der Waals surface area contributed by atoms with E-state index in [1.54, 1.807) is 24.3 Å². The second kappa shape index (κ2) is 4.77. The molecule has 0 aliphatic carbocycles. The first kappa shape index (κ1) is 9.93. The van der Waals surface area contributed by atoms with Gasteiger partial charge in [-0.1, -0.05) is 24.3 Å². The molecule has 13 heavy (non-hydrogen) atoms. The highest BCUT2D eigenvalue weighted by Crippen LogP contribution is 2.29. The molecule has 0 heterocycles. The zero-order valence-corrected chi connectivity index (χ0v) is 8.08. The van der Waals surface area contributed by atoms with Gasteiger partial charge < -0.3 is 9.84 Å². The van der Waals surface area contributed by atoms with E-state index in [2.05, 4.69) is 0 Å². The second-order valence-electron chi connectivity index (χ2n) is 2.45. The quantitative estimate of drug-likeness (QED) is 0.757. The number of rotatable bonds is 3. The van der Waals surface area contributed by atoms with E-state index in [1.807, 2.05) is 6.07 Å². The molecule has 0 spiro atoms. The number of ether oxygens (including phenoxy) is 1. The van der Waals surface area contributed by atoms with Gasteiger partial charge in [-0.2, -0.15) is 0 Å². The Kier molecular flexibility index (Phi) is 3.65. The predicted molar refractivity (Wildman–Crippen MR) is 54.4 cm³/mol. The van der Waals surface area contributed by atoms with E-state index in [-0.39, 0.29) is 5.75 Å². The molecule has 0 bridgehead atoms. The Morgan fingerprint density at radius 2 is 2.31 bits per heavy atom. The Labute approximate surface area is 82.4 Å². The van der Waals surface area contributed by atoms with Gasteiger partial charge in [0.2, 0.25) is 0 Å². The third-order valence-electron chi connectivity index (χ3n) is 1.64. The summed E-state index contributed by atoms with van der Waals surface area (Å²) in [5.41, 5.74) is 0.708. The van der Waals surface area contributed by atoms with Crippen LogP contribution in [0.4, 0.5) is 0 Å². The van der Waals surface area contributed by atoms with Crippen LogP contribution in [0.15, 0.2) is 24.3 Å². The Morgan fingerprint density at radius 3 is 2.92 bits per heavy atom. The standard InChI is InChI=1S/C10H11ClO2/c1-13-9-6-2-4-8(10(9)12)5-3-7-11/h2-6,12H,7H2,1H3.